The van der Waals surface area contributed by atoms with Crippen LogP contribution in [0.5, 0.6) is 0 Å². The van der Waals surface area contributed by atoms with Crippen LogP contribution in [0.1, 0.15) is 50.8 Å². The fourth-order valence-corrected chi connectivity index (χ4v) is 2.10. The monoisotopic (exact) mass is 289 g/mol. The molecule has 1 heterocycles. The first-order valence-corrected chi connectivity index (χ1v) is 7.90. The third kappa shape index (κ3) is 4.31. The van der Waals surface area contributed by atoms with E-state index in [4.69, 9.17) is 0 Å². The lowest BCUT2D eigenvalue weighted by Gasteiger charge is -2.11. The summed E-state index contributed by atoms with van der Waals surface area (Å²) in [5, 5.41) is 9.37. The van der Waals surface area contributed by atoms with Gasteiger partial charge in [-0.25, -0.2) is 9.97 Å². The van der Waals surface area contributed by atoms with Gasteiger partial charge in [-0.3, -0.25) is 4.79 Å². The van der Waals surface area contributed by atoms with Crippen LogP contribution in [0.3, 0.4) is 0 Å². The number of hydrogen-bond donors (Lipinski definition) is 3. The van der Waals surface area contributed by atoms with Crippen LogP contribution in [-0.4, -0.2) is 35.0 Å². The zero-order valence-electron chi connectivity index (χ0n) is 12.5. The van der Waals surface area contributed by atoms with Gasteiger partial charge in [0.15, 0.2) is 0 Å². The molecule has 2 saturated carbocycles. The van der Waals surface area contributed by atoms with Crippen molar-refractivity contribution in [2.75, 3.05) is 23.7 Å². The maximum absolute atomic E-state index is 11.7. The number of rotatable bonds is 8. The lowest BCUT2D eigenvalue weighted by atomic mass is 10.3. The first kappa shape index (κ1) is 14.1. The quantitative estimate of drug-likeness (QED) is 0.681. The highest BCUT2D eigenvalue weighted by Crippen LogP contribution is 2.38. The molecule has 0 unspecified atom stereocenters. The molecule has 2 aliphatic carbocycles. The van der Waals surface area contributed by atoms with Gasteiger partial charge in [0, 0.05) is 24.6 Å². The average Bonchev–Trinajstić information content (AvgIpc) is 3.35. The molecule has 0 atom stereocenters. The predicted molar refractivity (Wildman–Crippen MR) is 82.4 cm³/mol. The fourth-order valence-electron chi connectivity index (χ4n) is 2.10. The molecule has 0 aromatic carbocycles. The molecule has 1 amide bonds. The fraction of sp³-hybridized carbons (Fsp3) is 0.667. The van der Waals surface area contributed by atoms with Gasteiger partial charge in [0.2, 0.25) is 5.91 Å². The number of anilines is 2. The minimum atomic E-state index is 0.0344. The molecule has 2 aliphatic rings. The van der Waals surface area contributed by atoms with Crippen LogP contribution in [0.15, 0.2) is 6.07 Å². The van der Waals surface area contributed by atoms with E-state index in [1.165, 1.54) is 12.8 Å². The highest BCUT2D eigenvalue weighted by Gasteiger charge is 2.27. The van der Waals surface area contributed by atoms with E-state index in [-0.39, 0.29) is 12.5 Å². The van der Waals surface area contributed by atoms with Gasteiger partial charge in [-0.15, -0.1) is 0 Å². The second kappa shape index (κ2) is 6.28. The molecule has 6 nitrogen and oxygen atoms in total. The Balaban J connectivity index is 1.61. The number of hydrogen-bond acceptors (Lipinski definition) is 5. The zero-order valence-corrected chi connectivity index (χ0v) is 12.5. The summed E-state index contributed by atoms with van der Waals surface area (Å²) in [6, 6.07) is 2.28. The van der Waals surface area contributed by atoms with E-state index >= 15 is 0 Å². The van der Waals surface area contributed by atoms with Gasteiger partial charge < -0.3 is 16.0 Å². The molecule has 1 aromatic rings. The Bertz CT molecular complexity index is 511. The smallest absolute Gasteiger partial charge is 0.239 e. The molecule has 0 spiro atoms. The van der Waals surface area contributed by atoms with Crippen molar-refractivity contribution in [1.82, 2.24) is 15.3 Å². The molecule has 0 aliphatic heterocycles. The van der Waals surface area contributed by atoms with Gasteiger partial charge in [-0.2, -0.15) is 0 Å². The molecule has 0 saturated heterocycles. The first-order valence-electron chi connectivity index (χ1n) is 7.90. The van der Waals surface area contributed by atoms with Gasteiger partial charge in [0.05, 0.1) is 6.54 Å². The average molecular weight is 289 g/mol. The molecule has 0 radical (unpaired) electrons. The van der Waals surface area contributed by atoms with Gasteiger partial charge in [0.1, 0.15) is 17.5 Å². The van der Waals surface area contributed by atoms with Crippen molar-refractivity contribution in [1.29, 1.82) is 0 Å². The van der Waals surface area contributed by atoms with E-state index in [1.807, 2.05) is 6.07 Å². The topological polar surface area (TPSA) is 78.9 Å². The van der Waals surface area contributed by atoms with Crippen molar-refractivity contribution in [2.45, 2.75) is 51.0 Å². The normalized spacial score (nSPS) is 17.4. The van der Waals surface area contributed by atoms with Gasteiger partial charge in [-0.1, -0.05) is 6.92 Å². The van der Waals surface area contributed by atoms with E-state index in [0.717, 1.165) is 43.3 Å². The Morgan fingerprint density at radius 3 is 2.52 bits per heavy atom. The van der Waals surface area contributed by atoms with Crippen LogP contribution in [-0.2, 0) is 4.79 Å². The number of nitrogens with zero attached hydrogens (tertiary/aromatic N) is 2. The highest BCUT2D eigenvalue weighted by molar-refractivity contribution is 5.81. The van der Waals surface area contributed by atoms with E-state index in [1.54, 1.807) is 0 Å². The number of nitrogens with one attached hydrogen (secondary N) is 3. The highest BCUT2D eigenvalue weighted by atomic mass is 16.2. The lowest BCUT2D eigenvalue weighted by molar-refractivity contribution is -0.119. The van der Waals surface area contributed by atoms with Crippen LogP contribution in [0.4, 0.5) is 11.6 Å². The van der Waals surface area contributed by atoms with E-state index in [9.17, 15) is 4.79 Å². The zero-order chi connectivity index (χ0) is 14.7. The summed E-state index contributed by atoms with van der Waals surface area (Å²) < 4.78 is 0. The van der Waals surface area contributed by atoms with Crippen molar-refractivity contribution >= 4 is 17.5 Å². The van der Waals surface area contributed by atoms with Crippen LogP contribution in [0, 0.1) is 0 Å². The molecular formula is C15H23N5O. The Labute approximate surface area is 125 Å². The maximum atomic E-state index is 11.7. The van der Waals surface area contributed by atoms with Crippen molar-refractivity contribution in [3.8, 4) is 0 Å². The molecule has 3 rings (SSSR count). The second-order valence-electron chi connectivity index (χ2n) is 5.89. The SMILES string of the molecule is CCCNc1cc(NCC(=O)NC2CC2)nc(C2CC2)n1. The molecule has 2 fully saturated rings. The van der Waals surface area contributed by atoms with E-state index < -0.39 is 0 Å². The molecular weight excluding hydrogens is 266 g/mol. The summed E-state index contributed by atoms with van der Waals surface area (Å²) >= 11 is 0. The second-order valence-corrected chi connectivity index (χ2v) is 5.89. The molecule has 6 heteroatoms. The number of carbonyl (C=O) groups is 1. The molecule has 114 valence electrons. The number of aromatic nitrogens is 2. The molecule has 0 bridgehead atoms. The third-order valence-corrected chi connectivity index (χ3v) is 3.61. The number of carbonyl (C=O) groups excluding carboxylic acids is 1. The van der Waals surface area contributed by atoms with Crippen molar-refractivity contribution < 1.29 is 4.79 Å². The standard InChI is InChI=1S/C15H23N5O/c1-2-7-16-12-8-13(20-15(19-12)10-3-4-10)17-9-14(21)18-11-5-6-11/h8,10-11H,2-7,9H2,1H3,(H,18,21)(H2,16,17,19,20). The Kier molecular flexibility index (Phi) is 4.22. The van der Waals surface area contributed by atoms with Crippen molar-refractivity contribution in [3.05, 3.63) is 11.9 Å². The number of amides is 1. The summed E-state index contributed by atoms with van der Waals surface area (Å²) in [4.78, 5) is 20.8. The summed E-state index contributed by atoms with van der Waals surface area (Å²) in [5.74, 6) is 3.00. The Hall–Kier alpha value is -1.85. The Morgan fingerprint density at radius 2 is 1.90 bits per heavy atom. The summed E-state index contributed by atoms with van der Waals surface area (Å²) in [7, 11) is 0. The Morgan fingerprint density at radius 1 is 1.19 bits per heavy atom. The predicted octanol–water partition coefficient (Wildman–Crippen LogP) is 1.87. The van der Waals surface area contributed by atoms with Gasteiger partial charge in [-0.05, 0) is 32.1 Å². The van der Waals surface area contributed by atoms with Crippen LogP contribution < -0.4 is 16.0 Å². The van der Waals surface area contributed by atoms with E-state index in [2.05, 4.69) is 32.8 Å². The van der Waals surface area contributed by atoms with Crippen molar-refractivity contribution in [2.24, 2.45) is 0 Å². The summed E-state index contributed by atoms with van der Waals surface area (Å²) in [6.45, 7) is 3.28. The van der Waals surface area contributed by atoms with Crippen LogP contribution in [0.25, 0.3) is 0 Å². The summed E-state index contributed by atoms with van der Waals surface area (Å²) in [6.07, 6.45) is 5.60. The van der Waals surface area contributed by atoms with Crippen LogP contribution >= 0.6 is 0 Å². The van der Waals surface area contributed by atoms with Crippen molar-refractivity contribution in [3.63, 3.8) is 0 Å². The lowest BCUT2D eigenvalue weighted by Crippen LogP contribution is -2.31. The molecule has 21 heavy (non-hydrogen) atoms. The van der Waals surface area contributed by atoms with E-state index in [0.29, 0.717) is 12.0 Å². The molecule has 3 N–H and O–H groups in total. The largest absolute Gasteiger partial charge is 0.370 e. The minimum absolute atomic E-state index is 0.0344. The van der Waals surface area contributed by atoms with Crippen LogP contribution in [0.2, 0.25) is 0 Å². The van der Waals surface area contributed by atoms with Gasteiger partial charge >= 0.3 is 0 Å². The maximum Gasteiger partial charge on any atom is 0.239 e. The molecule has 1 aromatic heterocycles. The first-order chi connectivity index (χ1) is 10.2. The summed E-state index contributed by atoms with van der Waals surface area (Å²) in [5.41, 5.74) is 0. The van der Waals surface area contributed by atoms with Gasteiger partial charge in [0.25, 0.3) is 0 Å². The minimum Gasteiger partial charge on any atom is -0.370 e. The third-order valence-electron chi connectivity index (χ3n) is 3.61.